The monoisotopic (exact) mass is 158 g/mol. The fraction of sp³-hybridized carbons (Fsp3) is 0.857. The average Bonchev–Trinajstić information content (AvgIpc) is 2.06. The molecule has 1 unspecified atom stereocenters. The molecule has 0 saturated carbocycles. The van der Waals surface area contributed by atoms with Crippen molar-refractivity contribution in [2.75, 3.05) is 26.8 Å². The van der Waals surface area contributed by atoms with E-state index in [0.717, 1.165) is 13.2 Å². The minimum atomic E-state index is 0.0630. The normalized spacial score (nSPS) is 24.6. The number of hydrogen-bond acceptors (Lipinski definition) is 3. The molecule has 1 aliphatic heterocycles. The number of morpholine rings is 1. The van der Waals surface area contributed by atoms with Crippen LogP contribution in [0, 0.1) is 0 Å². The highest BCUT2D eigenvalue weighted by Crippen LogP contribution is 1.97. The van der Waals surface area contributed by atoms with Gasteiger partial charge in [0, 0.05) is 26.1 Å². The van der Waals surface area contributed by atoms with Crippen LogP contribution in [-0.2, 0) is 9.53 Å². The first-order chi connectivity index (χ1) is 5.33. The Morgan fingerprint density at radius 3 is 3.18 bits per heavy atom. The quantitative estimate of drug-likeness (QED) is 0.548. The number of amides is 1. The van der Waals surface area contributed by atoms with Crippen molar-refractivity contribution in [1.29, 1.82) is 0 Å². The van der Waals surface area contributed by atoms with E-state index < -0.39 is 0 Å². The molecule has 0 spiro atoms. The van der Waals surface area contributed by atoms with Gasteiger partial charge in [0.1, 0.15) is 0 Å². The molecule has 4 heteroatoms. The highest BCUT2D eigenvalue weighted by Gasteiger charge is 2.15. The van der Waals surface area contributed by atoms with Gasteiger partial charge < -0.3 is 15.4 Å². The van der Waals surface area contributed by atoms with E-state index in [9.17, 15) is 4.79 Å². The number of nitrogens with one attached hydrogen (secondary N) is 2. The number of carbonyl (C=O) groups excluding carboxylic acids is 1. The standard InChI is InChI=1S/C7H14N2O2/c1-8-7(10)4-6-5-11-3-2-9-6/h6,9H,2-5H2,1H3,(H,8,10). The number of ether oxygens (including phenoxy) is 1. The van der Waals surface area contributed by atoms with Crippen molar-refractivity contribution in [3.05, 3.63) is 0 Å². The lowest BCUT2D eigenvalue weighted by molar-refractivity contribution is -0.121. The van der Waals surface area contributed by atoms with Crippen LogP contribution in [-0.4, -0.2) is 38.8 Å². The highest BCUT2D eigenvalue weighted by molar-refractivity contribution is 5.76. The molecule has 2 N–H and O–H groups in total. The Balaban J connectivity index is 2.19. The van der Waals surface area contributed by atoms with Gasteiger partial charge in [0.2, 0.25) is 5.91 Å². The van der Waals surface area contributed by atoms with Gasteiger partial charge in [-0.2, -0.15) is 0 Å². The van der Waals surface area contributed by atoms with Crippen LogP contribution in [0.3, 0.4) is 0 Å². The van der Waals surface area contributed by atoms with E-state index in [0.29, 0.717) is 13.0 Å². The van der Waals surface area contributed by atoms with Crippen LogP contribution in [0.2, 0.25) is 0 Å². The Hall–Kier alpha value is -0.610. The molecule has 1 aliphatic rings. The molecular weight excluding hydrogens is 144 g/mol. The Morgan fingerprint density at radius 1 is 1.82 bits per heavy atom. The third-order valence-electron chi connectivity index (χ3n) is 1.71. The second kappa shape index (κ2) is 4.31. The minimum absolute atomic E-state index is 0.0630. The topological polar surface area (TPSA) is 50.4 Å². The van der Waals surface area contributed by atoms with Gasteiger partial charge in [0.25, 0.3) is 0 Å². The van der Waals surface area contributed by atoms with E-state index in [1.54, 1.807) is 7.05 Å². The van der Waals surface area contributed by atoms with Gasteiger partial charge in [-0.15, -0.1) is 0 Å². The lowest BCUT2D eigenvalue weighted by Gasteiger charge is -2.22. The zero-order valence-electron chi connectivity index (χ0n) is 6.72. The van der Waals surface area contributed by atoms with Gasteiger partial charge >= 0.3 is 0 Å². The van der Waals surface area contributed by atoms with Gasteiger partial charge in [-0.25, -0.2) is 0 Å². The lowest BCUT2D eigenvalue weighted by atomic mass is 10.2. The predicted molar refractivity (Wildman–Crippen MR) is 41.3 cm³/mol. The number of rotatable bonds is 2. The predicted octanol–water partition coefficient (Wildman–Crippen LogP) is -0.889. The van der Waals surface area contributed by atoms with E-state index in [4.69, 9.17) is 4.74 Å². The summed E-state index contributed by atoms with van der Waals surface area (Å²) in [5.74, 6) is 0.0630. The molecule has 1 rings (SSSR count). The highest BCUT2D eigenvalue weighted by atomic mass is 16.5. The molecule has 1 saturated heterocycles. The second-order valence-corrected chi connectivity index (χ2v) is 2.60. The van der Waals surface area contributed by atoms with Crippen LogP contribution >= 0.6 is 0 Å². The Kier molecular flexibility index (Phi) is 3.32. The molecule has 11 heavy (non-hydrogen) atoms. The molecule has 0 aromatic rings. The molecule has 0 aromatic carbocycles. The molecule has 1 heterocycles. The van der Waals surface area contributed by atoms with Crippen LogP contribution in [0.25, 0.3) is 0 Å². The van der Waals surface area contributed by atoms with Crippen molar-refractivity contribution in [1.82, 2.24) is 10.6 Å². The summed E-state index contributed by atoms with van der Waals surface area (Å²) in [7, 11) is 1.64. The van der Waals surface area contributed by atoms with Gasteiger partial charge in [-0.1, -0.05) is 0 Å². The fourth-order valence-corrected chi connectivity index (χ4v) is 1.08. The summed E-state index contributed by atoms with van der Waals surface area (Å²) in [4.78, 5) is 10.9. The molecule has 1 amide bonds. The molecule has 1 fully saturated rings. The fourth-order valence-electron chi connectivity index (χ4n) is 1.08. The van der Waals surface area contributed by atoms with Crippen LogP contribution in [0.1, 0.15) is 6.42 Å². The Bertz CT molecular complexity index is 132. The van der Waals surface area contributed by atoms with Crippen LogP contribution < -0.4 is 10.6 Å². The van der Waals surface area contributed by atoms with Crippen molar-refractivity contribution in [2.24, 2.45) is 0 Å². The van der Waals surface area contributed by atoms with E-state index in [-0.39, 0.29) is 11.9 Å². The van der Waals surface area contributed by atoms with E-state index in [1.807, 2.05) is 0 Å². The van der Waals surface area contributed by atoms with Crippen molar-refractivity contribution in [3.63, 3.8) is 0 Å². The van der Waals surface area contributed by atoms with Crippen molar-refractivity contribution in [2.45, 2.75) is 12.5 Å². The summed E-state index contributed by atoms with van der Waals surface area (Å²) in [5.41, 5.74) is 0. The van der Waals surface area contributed by atoms with E-state index in [2.05, 4.69) is 10.6 Å². The van der Waals surface area contributed by atoms with Gasteiger partial charge in [-0.3, -0.25) is 4.79 Å². The smallest absolute Gasteiger partial charge is 0.221 e. The maximum absolute atomic E-state index is 10.9. The molecule has 0 radical (unpaired) electrons. The summed E-state index contributed by atoms with van der Waals surface area (Å²) in [5, 5.41) is 5.78. The van der Waals surface area contributed by atoms with Gasteiger partial charge in [0.05, 0.1) is 13.2 Å². The summed E-state index contributed by atoms with van der Waals surface area (Å²) in [6.45, 7) is 2.25. The van der Waals surface area contributed by atoms with Gasteiger partial charge in [0.15, 0.2) is 0 Å². The SMILES string of the molecule is CNC(=O)CC1COCCN1. The summed E-state index contributed by atoms with van der Waals surface area (Å²) in [6.07, 6.45) is 0.510. The number of hydrogen-bond donors (Lipinski definition) is 2. The average molecular weight is 158 g/mol. The minimum Gasteiger partial charge on any atom is -0.378 e. The molecule has 0 aromatic heterocycles. The first kappa shape index (κ1) is 8.49. The zero-order chi connectivity index (χ0) is 8.10. The molecule has 0 aliphatic carbocycles. The summed E-state index contributed by atoms with van der Waals surface area (Å²) in [6, 6.07) is 0.198. The Morgan fingerprint density at radius 2 is 2.64 bits per heavy atom. The third-order valence-corrected chi connectivity index (χ3v) is 1.71. The molecular formula is C7H14N2O2. The summed E-state index contributed by atoms with van der Waals surface area (Å²) >= 11 is 0. The number of carbonyl (C=O) groups is 1. The van der Waals surface area contributed by atoms with Crippen molar-refractivity contribution in [3.8, 4) is 0 Å². The second-order valence-electron chi connectivity index (χ2n) is 2.60. The Labute approximate surface area is 66.3 Å². The first-order valence-corrected chi connectivity index (χ1v) is 3.84. The molecule has 0 bridgehead atoms. The molecule has 4 nitrogen and oxygen atoms in total. The zero-order valence-corrected chi connectivity index (χ0v) is 6.72. The van der Waals surface area contributed by atoms with E-state index >= 15 is 0 Å². The molecule has 64 valence electrons. The van der Waals surface area contributed by atoms with E-state index in [1.165, 1.54) is 0 Å². The largest absolute Gasteiger partial charge is 0.378 e. The van der Waals surface area contributed by atoms with Crippen LogP contribution in [0.4, 0.5) is 0 Å². The summed E-state index contributed by atoms with van der Waals surface area (Å²) < 4.78 is 5.18. The maximum atomic E-state index is 10.9. The van der Waals surface area contributed by atoms with Crippen LogP contribution in [0.5, 0.6) is 0 Å². The lowest BCUT2D eigenvalue weighted by Crippen LogP contribution is -2.43. The van der Waals surface area contributed by atoms with Crippen molar-refractivity contribution < 1.29 is 9.53 Å². The van der Waals surface area contributed by atoms with Crippen LogP contribution in [0.15, 0.2) is 0 Å². The van der Waals surface area contributed by atoms with Gasteiger partial charge in [-0.05, 0) is 0 Å². The maximum Gasteiger partial charge on any atom is 0.221 e. The van der Waals surface area contributed by atoms with Crippen molar-refractivity contribution >= 4 is 5.91 Å². The first-order valence-electron chi connectivity index (χ1n) is 3.84. The third kappa shape index (κ3) is 2.86. The molecule has 1 atom stereocenters.